The SMILES string of the molecule is COc1ccccc1C(C)Nc1cccc(F)c1F. The van der Waals surface area contributed by atoms with E-state index in [4.69, 9.17) is 4.74 Å². The van der Waals surface area contributed by atoms with Crippen molar-refractivity contribution >= 4 is 5.69 Å². The van der Waals surface area contributed by atoms with E-state index in [2.05, 4.69) is 5.32 Å². The largest absolute Gasteiger partial charge is 0.496 e. The van der Waals surface area contributed by atoms with Crippen LogP contribution in [0.3, 0.4) is 0 Å². The quantitative estimate of drug-likeness (QED) is 0.894. The van der Waals surface area contributed by atoms with Crippen LogP contribution in [-0.2, 0) is 0 Å². The molecule has 100 valence electrons. The van der Waals surface area contributed by atoms with Gasteiger partial charge in [0.1, 0.15) is 5.75 Å². The lowest BCUT2D eigenvalue weighted by Crippen LogP contribution is -2.09. The summed E-state index contributed by atoms with van der Waals surface area (Å²) in [4.78, 5) is 0. The van der Waals surface area contributed by atoms with Crippen LogP contribution < -0.4 is 10.1 Å². The maximum atomic E-state index is 13.6. The highest BCUT2D eigenvalue weighted by Crippen LogP contribution is 2.28. The molecule has 1 atom stereocenters. The van der Waals surface area contributed by atoms with Crippen LogP contribution >= 0.6 is 0 Å². The molecule has 0 heterocycles. The fourth-order valence-electron chi connectivity index (χ4n) is 1.95. The number of benzene rings is 2. The summed E-state index contributed by atoms with van der Waals surface area (Å²) in [6, 6.07) is 11.3. The van der Waals surface area contributed by atoms with E-state index in [0.717, 1.165) is 11.6 Å². The zero-order valence-corrected chi connectivity index (χ0v) is 10.8. The monoisotopic (exact) mass is 263 g/mol. The summed E-state index contributed by atoms with van der Waals surface area (Å²) in [7, 11) is 1.58. The number of nitrogens with one attached hydrogen (secondary N) is 1. The lowest BCUT2D eigenvalue weighted by Gasteiger charge is -2.18. The summed E-state index contributed by atoms with van der Waals surface area (Å²) in [6.07, 6.45) is 0. The molecule has 0 amide bonds. The van der Waals surface area contributed by atoms with Gasteiger partial charge in [-0.3, -0.25) is 0 Å². The van der Waals surface area contributed by atoms with Crippen molar-refractivity contribution in [3.05, 3.63) is 59.7 Å². The predicted molar refractivity (Wildman–Crippen MR) is 71.4 cm³/mol. The minimum absolute atomic E-state index is 0.137. The van der Waals surface area contributed by atoms with Gasteiger partial charge in [-0.2, -0.15) is 0 Å². The number of rotatable bonds is 4. The van der Waals surface area contributed by atoms with Crippen LogP contribution in [0.1, 0.15) is 18.5 Å². The summed E-state index contributed by atoms with van der Waals surface area (Å²) in [6.45, 7) is 1.86. The van der Waals surface area contributed by atoms with Crippen LogP contribution in [0.4, 0.5) is 14.5 Å². The molecule has 0 aliphatic heterocycles. The molecule has 0 spiro atoms. The van der Waals surface area contributed by atoms with Gasteiger partial charge in [-0.1, -0.05) is 24.3 Å². The minimum atomic E-state index is -0.871. The normalized spacial score (nSPS) is 12.0. The molecule has 0 saturated carbocycles. The molecule has 0 fully saturated rings. The number of hydrogen-bond donors (Lipinski definition) is 1. The second kappa shape index (κ2) is 5.69. The lowest BCUT2D eigenvalue weighted by molar-refractivity contribution is 0.408. The van der Waals surface area contributed by atoms with Crippen molar-refractivity contribution in [2.45, 2.75) is 13.0 Å². The lowest BCUT2D eigenvalue weighted by atomic mass is 10.1. The van der Waals surface area contributed by atoms with Gasteiger partial charge in [-0.05, 0) is 25.1 Å². The van der Waals surface area contributed by atoms with E-state index in [0.29, 0.717) is 5.75 Å². The summed E-state index contributed by atoms with van der Waals surface area (Å²) < 4.78 is 32.0. The second-order valence-electron chi connectivity index (χ2n) is 4.21. The highest BCUT2D eigenvalue weighted by atomic mass is 19.2. The van der Waals surface area contributed by atoms with Gasteiger partial charge in [0.25, 0.3) is 0 Å². The molecule has 1 unspecified atom stereocenters. The first-order chi connectivity index (χ1) is 9.13. The maximum Gasteiger partial charge on any atom is 0.181 e. The molecule has 2 rings (SSSR count). The molecule has 0 radical (unpaired) electrons. The molecule has 2 aromatic carbocycles. The molecule has 2 aromatic rings. The summed E-state index contributed by atoms with van der Waals surface area (Å²) in [5.74, 6) is -1.03. The van der Waals surface area contributed by atoms with E-state index in [9.17, 15) is 8.78 Å². The van der Waals surface area contributed by atoms with Gasteiger partial charge in [-0.25, -0.2) is 8.78 Å². The smallest absolute Gasteiger partial charge is 0.181 e. The first-order valence-electron chi connectivity index (χ1n) is 5.97. The van der Waals surface area contributed by atoms with Gasteiger partial charge in [0, 0.05) is 5.56 Å². The van der Waals surface area contributed by atoms with Crippen LogP contribution in [0.25, 0.3) is 0 Å². The standard InChI is InChI=1S/C15H15F2NO/c1-10(11-6-3-4-9-14(11)19-2)18-13-8-5-7-12(16)15(13)17/h3-10,18H,1-2H3. The van der Waals surface area contributed by atoms with Gasteiger partial charge in [0.05, 0.1) is 18.8 Å². The Bertz CT molecular complexity index is 572. The van der Waals surface area contributed by atoms with Gasteiger partial charge >= 0.3 is 0 Å². The molecule has 4 heteroatoms. The molecular formula is C15H15F2NO. The number of anilines is 1. The van der Waals surface area contributed by atoms with Crippen molar-refractivity contribution in [3.63, 3.8) is 0 Å². The molecule has 0 saturated heterocycles. The first kappa shape index (κ1) is 13.3. The highest BCUT2D eigenvalue weighted by Gasteiger charge is 2.14. The Hall–Kier alpha value is -2.10. The molecule has 0 aliphatic carbocycles. The Labute approximate surface area is 111 Å². The van der Waals surface area contributed by atoms with Crippen molar-refractivity contribution in [1.29, 1.82) is 0 Å². The highest BCUT2D eigenvalue weighted by molar-refractivity contribution is 5.49. The van der Waals surface area contributed by atoms with Crippen molar-refractivity contribution < 1.29 is 13.5 Å². The third-order valence-corrected chi connectivity index (χ3v) is 2.93. The van der Waals surface area contributed by atoms with E-state index in [1.807, 2.05) is 31.2 Å². The van der Waals surface area contributed by atoms with Crippen LogP contribution in [-0.4, -0.2) is 7.11 Å². The summed E-state index contributed by atoms with van der Waals surface area (Å²) in [5, 5.41) is 2.95. The minimum Gasteiger partial charge on any atom is -0.496 e. The van der Waals surface area contributed by atoms with Crippen LogP contribution in [0.5, 0.6) is 5.75 Å². The Balaban J connectivity index is 2.26. The topological polar surface area (TPSA) is 21.3 Å². The van der Waals surface area contributed by atoms with E-state index < -0.39 is 11.6 Å². The van der Waals surface area contributed by atoms with Crippen molar-refractivity contribution in [2.75, 3.05) is 12.4 Å². The van der Waals surface area contributed by atoms with Gasteiger partial charge in [-0.15, -0.1) is 0 Å². The number of para-hydroxylation sites is 1. The van der Waals surface area contributed by atoms with E-state index in [-0.39, 0.29) is 11.7 Å². The molecule has 19 heavy (non-hydrogen) atoms. The first-order valence-corrected chi connectivity index (χ1v) is 5.97. The maximum absolute atomic E-state index is 13.6. The average Bonchev–Trinajstić information content (AvgIpc) is 2.43. The number of hydrogen-bond acceptors (Lipinski definition) is 2. The Morgan fingerprint density at radius 2 is 1.79 bits per heavy atom. The zero-order valence-electron chi connectivity index (χ0n) is 10.8. The van der Waals surface area contributed by atoms with Crippen LogP contribution in [0, 0.1) is 11.6 Å². The van der Waals surface area contributed by atoms with Crippen LogP contribution in [0.15, 0.2) is 42.5 Å². The summed E-state index contributed by atoms with van der Waals surface area (Å²) in [5.41, 5.74) is 1.02. The summed E-state index contributed by atoms with van der Waals surface area (Å²) >= 11 is 0. The van der Waals surface area contributed by atoms with E-state index >= 15 is 0 Å². The number of methoxy groups -OCH3 is 1. The Morgan fingerprint density at radius 1 is 1.05 bits per heavy atom. The van der Waals surface area contributed by atoms with Crippen molar-refractivity contribution in [3.8, 4) is 5.75 Å². The molecule has 0 aromatic heterocycles. The zero-order chi connectivity index (χ0) is 13.8. The predicted octanol–water partition coefficient (Wildman–Crippen LogP) is 4.15. The van der Waals surface area contributed by atoms with Gasteiger partial charge in [0.15, 0.2) is 11.6 Å². The van der Waals surface area contributed by atoms with Crippen molar-refractivity contribution in [1.82, 2.24) is 0 Å². The molecule has 2 nitrogen and oxygen atoms in total. The van der Waals surface area contributed by atoms with E-state index in [1.165, 1.54) is 12.1 Å². The van der Waals surface area contributed by atoms with Gasteiger partial charge in [0.2, 0.25) is 0 Å². The second-order valence-corrected chi connectivity index (χ2v) is 4.21. The Morgan fingerprint density at radius 3 is 2.53 bits per heavy atom. The number of halogens is 2. The van der Waals surface area contributed by atoms with Crippen LogP contribution in [0.2, 0.25) is 0 Å². The number of ether oxygens (including phenoxy) is 1. The van der Waals surface area contributed by atoms with Crippen molar-refractivity contribution in [2.24, 2.45) is 0 Å². The third kappa shape index (κ3) is 2.84. The third-order valence-electron chi connectivity index (χ3n) is 2.93. The average molecular weight is 263 g/mol. The molecule has 0 bridgehead atoms. The molecule has 1 N–H and O–H groups in total. The molecular weight excluding hydrogens is 248 g/mol. The Kier molecular flexibility index (Phi) is 4.00. The fraction of sp³-hybridized carbons (Fsp3) is 0.200. The fourth-order valence-corrected chi connectivity index (χ4v) is 1.95. The van der Waals surface area contributed by atoms with E-state index in [1.54, 1.807) is 7.11 Å². The van der Waals surface area contributed by atoms with Gasteiger partial charge < -0.3 is 10.1 Å². The molecule has 0 aliphatic rings.